The maximum absolute atomic E-state index is 12.0. The minimum Gasteiger partial charge on any atom is -0.353 e. The Kier molecular flexibility index (Phi) is 7.06. The molecule has 23 heavy (non-hydrogen) atoms. The van der Waals surface area contributed by atoms with Gasteiger partial charge in [-0.05, 0) is 38.3 Å². The summed E-state index contributed by atoms with van der Waals surface area (Å²) in [6.45, 7) is 8.32. The van der Waals surface area contributed by atoms with Crippen molar-refractivity contribution in [1.29, 1.82) is 0 Å². The van der Waals surface area contributed by atoms with Crippen LogP contribution in [0.1, 0.15) is 39.2 Å². The fourth-order valence-electron chi connectivity index (χ4n) is 2.07. The molecule has 1 unspecified atom stereocenters. The lowest BCUT2D eigenvalue weighted by Gasteiger charge is -2.23. The molecule has 0 aliphatic heterocycles. The molecule has 0 aliphatic rings. The average molecular weight is 340 g/mol. The van der Waals surface area contributed by atoms with Crippen molar-refractivity contribution < 1.29 is 13.2 Å². The molecule has 1 amide bonds. The highest BCUT2D eigenvalue weighted by molar-refractivity contribution is 7.92. The van der Waals surface area contributed by atoms with E-state index in [9.17, 15) is 13.2 Å². The molecule has 0 aliphatic carbocycles. The van der Waals surface area contributed by atoms with Crippen molar-refractivity contribution in [2.45, 2.75) is 46.6 Å². The number of amides is 1. The summed E-state index contributed by atoms with van der Waals surface area (Å²) in [6, 6.07) is 7.45. The summed E-state index contributed by atoms with van der Waals surface area (Å²) in [5.41, 5.74) is 1.71. The third kappa shape index (κ3) is 6.60. The summed E-state index contributed by atoms with van der Waals surface area (Å²) in [5.74, 6) is 0.336. The number of carbonyl (C=O) groups excluding carboxylic acids is 1. The predicted molar refractivity (Wildman–Crippen MR) is 95.0 cm³/mol. The summed E-state index contributed by atoms with van der Waals surface area (Å²) in [6.07, 6.45) is 1.99. The van der Waals surface area contributed by atoms with Crippen LogP contribution in [0.2, 0.25) is 0 Å². The van der Waals surface area contributed by atoms with Gasteiger partial charge in [-0.2, -0.15) is 0 Å². The van der Waals surface area contributed by atoms with Crippen LogP contribution < -0.4 is 9.62 Å². The van der Waals surface area contributed by atoms with Gasteiger partial charge in [0.1, 0.15) is 0 Å². The van der Waals surface area contributed by atoms with Crippen molar-refractivity contribution in [2.24, 2.45) is 5.92 Å². The molecule has 6 heteroatoms. The van der Waals surface area contributed by atoms with Crippen molar-refractivity contribution in [3.63, 3.8) is 0 Å². The van der Waals surface area contributed by atoms with Crippen LogP contribution in [0.4, 0.5) is 5.69 Å². The van der Waals surface area contributed by atoms with E-state index in [0.717, 1.165) is 5.56 Å². The smallest absolute Gasteiger partial charge is 0.232 e. The monoisotopic (exact) mass is 340 g/mol. The van der Waals surface area contributed by atoms with E-state index in [4.69, 9.17) is 0 Å². The van der Waals surface area contributed by atoms with Crippen LogP contribution in [-0.4, -0.2) is 33.2 Å². The highest BCUT2D eigenvalue weighted by atomic mass is 32.2. The van der Waals surface area contributed by atoms with E-state index in [1.165, 1.54) is 10.6 Å². The van der Waals surface area contributed by atoms with E-state index in [1.54, 1.807) is 12.1 Å². The van der Waals surface area contributed by atoms with E-state index in [-0.39, 0.29) is 11.9 Å². The van der Waals surface area contributed by atoms with Crippen molar-refractivity contribution >= 4 is 21.6 Å². The highest BCUT2D eigenvalue weighted by Gasteiger charge is 2.18. The number of benzene rings is 1. The van der Waals surface area contributed by atoms with E-state index in [1.807, 2.05) is 39.8 Å². The molecule has 1 N–H and O–H groups in total. The first-order chi connectivity index (χ1) is 10.6. The third-order valence-electron chi connectivity index (χ3n) is 3.88. The second kappa shape index (κ2) is 8.34. The summed E-state index contributed by atoms with van der Waals surface area (Å²) in [7, 11) is -3.36. The first kappa shape index (κ1) is 19.5. The van der Waals surface area contributed by atoms with Crippen LogP contribution in [0.5, 0.6) is 0 Å². The molecule has 0 spiro atoms. The molecule has 0 heterocycles. The van der Waals surface area contributed by atoms with Crippen molar-refractivity contribution in [3.05, 3.63) is 29.8 Å². The van der Waals surface area contributed by atoms with Crippen LogP contribution in [0, 0.1) is 12.8 Å². The molecular formula is C17H28N2O3S. The summed E-state index contributed by atoms with van der Waals surface area (Å²) in [5, 5.41) is 2.93. The fraction of sp³-hybridized carbons (Fsp3) is 0.588. The molecule has 130 valence electrons. The lowest BCUT2D eigenvalue weighted by Crippen LogP contribution is -2.37. The van der Waals surface area contributed by atoms with Crippen molar-refractivity contribution in [3.8, 4) is 0 Å². The minimum absolute atomic E-state index is 0.0384. The topological polar surface area (TPSA) is 66.5 Å². The molecule has 1 aromatic rings. The lowest BCUT2D eigenvalue weighted by molar-refractivity contribution is -0.122. The Morgan fingerprint density at radius 2 is 1.74 bits per heavy atom. The predicted octanol–water partition coefficient (Wildman–Crippen LogP) is 2.70. The molecule has 1 rings (SSSR count). The van der Waals surface area contributed by atoms with Crippen LogP contribution >= 0.6 is 0 Å². The van der Waals surface area contributed by atoms with Gasteiger partial charge in [-0.3, -0.25) is 9.10 Å². The van der Waals surface area contributed by atoms with Crippen molar-refractivity contribution in [1.82, 2.24) is 5.32 Å². The lowest BCUT2D eigenvalue weighted by atomic mass is 10.1. The Morgan fingerprint density at radius 3 is 2.22 bits per heavy atom. The largest absolute Gasteiger partial charge is 0.353 e. The van der Waals surface area contributed by atoms with Gasteiger partial charge in [0.2, 0.25) is 15.9 Å². The van der Waals surface area contributed by atoms with Gasteiger partial charge in [-0.15, -0.1) is 0 Å². The SMILES string of the molecule is Cc1ccc(N(CCCC(=O)NC(C)C(C)C)S(C)(=O)=O)cc1. The van der Waals surface area contributed by atoms with E-state index < -0.39 is 10.0 Å². The Balaban J connectivity index is 2.63. The number of nitrogens with zero attached hydrogens (tertiary/aromatic N) is 1. The standard InChI is InChI=1S/C17H28N2O3S/c1-13(2)15(4)18-17(20)7-6-12-19(23(5,21)22)16-10-8-14(3)9-11-16/h8-11,13,15H,6-7,12H2,1-5H3,(H,18,20). The number of rotatable bonds is 8. The number of hydrogen-bond donors (Lipinski definition) is 1. The zero-order valence-corrected chi connectivity index (χ0v) is 15.5. The van der Waals surface area contributed by atoms with E-state index in [2.05, 4.69) is 5.32 Å². The molecule has 0 radical (unpaired) electrons. The molecule has 0 bridgehead atoms. The zero-order chi connectivity index (χ0) is 17.6. The van der Waals surface area contributed by atoms with Gasteiger partial charge < -0.3 is 5.32 Å². The Labute approximate surface area is 140 Å². The van der Waals surface area contributed by atoms with Crippen LogP contribution in [0.25, 0.3) is 0 Å². The maximum Gasteiger partial charge on any atom is 0.232 e. The third-order valence-corrected chi connectivity index (χ3v) is 5.07. The van der Waals surface area contributed by atoms with Gasteiger partial charge in [-0.1, -0.05) is 31.5 Å². The second-order valence-electron chi connectivity index (χ2n) is 6.37. The number of hydrogen-bond acceptors (Lipinski definition) is 3. The van der Waals surface area contributed by atoms with Gasteiger partial charge in [0.15, 0.2) is 0 Å². The van der Waals surface area contributed by atoms with Gasteiger partial charge >= 0.3 is 0 Å². The summed E-state index contributed by atoms with van der Waals surface area (Å²) < 4.78 is 25.3. The van der Waals surface area contributed by atoms with Crippen LogP contribution in [0.15, 0.2) is 24.3 Å². The number of sulfonamides is 1. The van der Waals surface area contributed by atoms with Gasteiger partial charge in [-0.25, -0.2) is 8.42 Å². The van der Waals surface area contributed by atoms with Crippen molar-refractivity contribution in [2.75, 3.05) is 17.1 Å². The van der Waals surface area contributed by atoms with Crippen LogP contribution in [0.3, 0.4) is 0 Å². The molecule has 0 saturated heterocycles. The van der Waals surface area contributed by atoms with E-state index >= 15 is 0 Å². The summed E-state index contributed by atoms with van der Waals surface area (Å²) in [4.78, 5) is 11.9. The van der Waals surface area contributed by atoms with Gasteiger partial charge in [0.05, 0.1) is 11.9 Å². The summed E-state index contributed by atoms with van der Waals surface area (Å²) >= 11 is 0. The Hall–Kier alpha value is -1.56. The first-order valence-electron chi connectivity index (χ1n) is 7.95. The van der Waals surface area contributed by atoms with Gasteiger partial charge in [0.25, 0.3) is 0 Å². The Morgan fingerprint density at radius 1 is 1.17 bits per heavy atom. The molecular weight excluding hydrogens is 312 g/mol. The molecule has 1 aromatic carbocycles. The molecule has 0 saturated carbocycles. The van der Waals surface area contributed by atoms with E-state index in [0.29, 0.717) is 31.0 Å². The zero-order valence-electron chi connectivity index (χ0n) is 14.7. The fourth-order valence-corrected chi connectivity index (χ4v) is 3.04. The molecule has 0 fully saturated rings. The quantitative estimate of drug-likeness (QED) is 0.791. The maximum atomic E-state index is 12.0. The first-order valence-corrected chi connectivity index (χ1v) is 9.80. The minimum atomic E-state index is -3.36. The second-order valence-corrected chi connectivity index (χ2v) is 8.28. The normalized spacial score (nSPS) is 13.0. The molecule has 0 aromatic heterocycles. The average Bonchev–Trinajstić information content (AvgIpc) is 2.43. The number of aryl methyl sites for hydroxylation is 1. The molecule has 1 atom stereocenters. The number of carbonyl (C=O) groups is 1. The number of anilines is 1. The highest BCUT2D eigenvalue weighted by Crippen LogP contribution is 2.18. The number of nitrogens with one attached hydrogen (secondary N) is 1. The molecule has 5 nitrogen and oxygen atoms in total. The Bertz CT molecular complexity index is 609. The van der Waals surface area contributed by atoms with Gasteiger partial charge in [0, 0.05) is 19.0 Å². The van der Waals surface area contributed by atoms with Crippen LogP contribution in [-0.2, 0) is 14.8 Å².